The topological polar surface area (TPSA) is 63.2 Å². The molecular formula is C11H17N3O2S. The lowest BCUT2D eigenvalue weighted by Gasteiger charge is -2.30. The minimum absolute atomic E-state index is 0.173. The van der Waals surface area contributed by atoms with Gasteiger partial charge >= 0.3 is 0 Å². The van der Waals surface area contributed by atoms with Crippen molar-refractivity contribution in [2.24, 2.45) is 0 Å². The lowest BCUT2D eigenvalue weighted by molar-refractivity contribution is 0.313. The normalized spacial score (nSPS) is 22.6. The first kappa shape index (κ1) is 12.4. The lowest BCUT2D eigenvalue weighted by atomic mass is 9.95. The van der Waals surface area contributed by atoms with Gasteiger partial charge in [-0.3, -0.25) is 9.97 Å². The molecular weight excluding hydrogens is 238 g/mol. The van der Waals surface area contributed by atoms with Crippen molar-refractivity contribution in [3.8, 4) is 0 Å². The van der Waals surface area contributed by atoms with E-state index in [1.165, 1.54) is 10.6 Å². The third kappa shape index (κ3) is 2.81. The number of aryl methyl sites for hydroxylation is 1. The van der Waals surface area contributed by atoms with Gasteiger partial charge in [-0.1, -0.05) is 0 Å². The minimum Gasteiger partial charge on any atom is -0.258 e. The summed E-state index contributed by atoms with van der Waals surface area (Å²) in [5.74, 6) is 0.173. The molecule has 2 rings (SSSR count). The summed E-state index contributed by atoms with van der Waals surface area (Å²) in [5, 5.41) is 0. The predicted octanol–water partition coefficient (Wildman–Crippen LogP) is 0.924. The van der Waals surface area contributed by atoms with Crippen molar-refractivity contribution in [1.82, 2.24) is 14.3 Å². The molecule has 2 heterocycles. The summed E-state index contributed by atoms with van der Waals surface area (Å²) >= 11 is 0. The van der Waals surface area contributed by atoms with Crippen LogP contribution < -0.4 is 0 Å². The second kappa shape index (κ2) is 4.70. The Morgan fingerprint density at radius 1 is 1.35 bits per heavy atom. The summed E-state index contributed by atoms with van der Waals surface area (Å²) in [6.07, 6.45) is 6.45. The highest BCUT2D eigenvalue weighted by Crippen LogP contribution is 2.27. The highest BCUT2D eigenvalue weighted by atomic mass is 32.2. The maximum atomic E-state index is 11.5. The molecule has 17 heavy (non-hydrogen) atoms. The van der Waals surface area contributed by atoms with Gasteiger partial charge in [-0.2, -0.15) is 0 Å². The third-order valence-corrected chi connectivity index (χ3v) is 4.43. The number of hydrogen-bond donors (Lipinski definition) is 0. The first-order chi connectivity index (χ1) is 7.98. The summed E-state index contributed by atoms with van der Waals surface area (Å²) in [5.41, 5.74) is 1.83. The van der Waals surface area contributed by atoms with E-state index in [1.54, 1.807) is 12.4 Å². The SMILES string of the molecule is Cc1nccnc1C1CCCN(S(C)(=O)=O)C1. The highest BCUT2D eigenvalue weighted by molar-refractivity contribution is 7.88. The second-order valence-electron chi connectivity index (χ2n) is 4.49. The first-order valence-corrected chi connectivity index (χ1v) is 7.56. The minimum atomic E-state index is -3.09. The summed E-state index contributed by atoms with van der Waals surface area (Å²) in [6, 6.07) is 0. The molecule has 0 aliphatic carbocycles. The molecule has 0 amide bonds. The number of aromatic nitrogens is 2. The first-order valence-electron chi connectivity index (χ1n) is 5.71. The van der Waals surface area contributed by atoms with Gasteiger partial charge in [-0.05, 0) is 19.8 Å². The van der Waals surface area contributed by atoms with Crippen LogP contribution >= 0.6 is 0 Å². The van der Waals surface area contributed by atoms with Gasteiger partial charge < -0.3 is 0 Å². The van der Waals surface area contributed by atoms with E-state index >= 15 is 0 Å². The Morgan fingerprint density at radius 2 is 2.06 bits per heavy atom. The molecule has 1 unspecified atom stereocenters. The molecule has 1 saturated heterocycles. The second-order valence-corrected chi connectivity index (χ2v) is 6.47. The summed E-state index contributed by atoms with van der Waals surface area (Å²) in [4.78, 5) is 8.55. The van der Waals surface area contributed by atoms with Crippen LogP contribution in [0.5, 0.6) is 0 Å². The molecule has 1 aromatic heterocycles. The van der Waals surface area contributed by atoms with Gasteiger partial charge in [-0.15, -0.1) is 0 Å². The Bertz CT molecular complexity index is 501. The molecule has 0 spiro atoms. The van der Waals surface area contributed by atoms with Gasteiger partial charge in [0, 0.05) is 31.4 Å². The van der Waals surface area contributed by atoms with Crippen LogP contribution in [0.4, 0.5) is 0 Å². The van der Waals surface area contributed by atoms with Gasteiger partial charge in [-0.25, -0.2) is 12.7 Å². The van der Waals surface area contributed by atoms with E-state index in [4.69, 9.17) is 0 Å². The lowest BCUT2D eigenvalue weighted by Crippen LogP contribution is -2.38. The summed E-state index contributed by atoms with van der Waals surface area (Å²) in [6.45, 7) is 3.06. The van der Waals surface area contributed by atoms with Crippen molar-refractivity contribution in [3.05, 3.63) is 23.8 Å². The van der Waals surface area contributed by atoms with Gasteiger partial charge in [0.15, 0.2) is 0 Å². The van der Waals surface area contributed by atoms with Crippen LogP contribution in [0.1, 0.15) is 30.1 Å². The van der Waals surface area contributed by atoms with Crippen LogP contribution in [-0.2, 0) is 10.0 Å². The summed E-state index contributed by atoms with van der Waals surface area (Å²) in [7, 11) is -3.09. The van der Waals surface area contributed by atoms with E-state index in [2.05, 4.69) is 9.97 Å². The number of hydrogen-bond acceptors (Lipinski definition) is 4. The molecule has 94 valence electrons. The molecule has 0 saturated carbocycles. The molecule has 1 aliphatic rings. The van der Waals surface area contributed by atoms with Crippen molar-refractivity contribution in [2.45, 2.75) is 25.7 Å². The van der Waals surface area contributed by atoms with Crippen LogP contribution in [0.3, 0.4) is 0 Å². The average Bonchev–Trinajstić information content (AvgIpc) is 2.29. The Balaban J connectivity index is 2.21. The molecule has 1 atom stereocenters. The smallest absolute Gasteiger partial charge is 0.211 e. The Kier molecular flexibility index (Phi) is 3.44. The average molecular weight is 255 g/mol. The predicted molar refractivity (Wildman–Crippen MR) is 65.2 cm³/mol. The van der Waals surface area contributed by atoms with Crippen molar-refractivity contribution in [3.63, 3.8) is 0 Å². The fraction of sp³-hybridized carbons (Fsp3) is 0.636. The quantitative estimate of drug-likeness (QED) is 0.788. The van der Waals surface area contributed by atoms with Crippen LogP contribution in [0, 0.1) is 6.92 Å². The molecule has 1 fully saturated rings. The van der Waals surface area contributed by atoms with Crippen molar-refractivity contribution >= 4 is 10.0 Å². The van der Waals surface area contributed by atoms with Crippen molar-refractivity contribution < 1.29 is 8.42 Å². The molecule has 0 aromatic carbocycles. The zero-order valence-corrected chi connectivity index (χ0v) is 10.9. The molecule has 5 nitrogen and oxygen atoms in total. The Labute approximate surface area is 102 Å². The molecule has 0 N–H and O–H groups in total. The maximum absolute atomic E-state index is 11.5. The Hall–Kier alpha value is -1.01. The summed E-state index contributed by atoms with van der Waals surface area (Å²) < 4.78 is 24.6. The maximum Gasteiger partial charge on any atom is 0.211 e. The largest absolute Gasteiger partial charge is 0.258 e. The molecule has 6 heteroatoms. The highest BCUT2D eigenvalue weighted by Gasteiger charge is 2.28. The standard InChI is InChI=1S/C11H17N3O2S/c1-9-11(13-6-5-12-9)10-4-3-7-14(8-10)17(2,15)16/h5-6,10H,3-4,7-8H2,1-2H3. The van der Waals surface area contributed by atoms with Gasteiger partial charge in [0.1, 0.15) is 0 Å². The molecule has 1 aromatic rings. The fourth-order valence-corrected chi connectivity index (χ4v) is 3.20. The van der Waals surface area contributed by atoms with Crippen LogP contribution in [0.15, 0.2) is 12.4 Å². The van der Waals surface area contributed by atoms with E-state index in [0.29, 0.717) is 13.1 Å². The molecule has 1 aliphatic heterocycles. The van der Waals surface area contributed by atoms with E-state index < -0.39 is 10.0 Å². The van der Waals surface area contributed by atoms with E-state index in [9.17, 15) is 8.42 Å². The Morgan fingerprint density at radius 3 is 2.71 bits per heavy atom. The number of nitrogens with zero attached hydrogens (tertiary/aromatic N) is 3. The van der Waals surface area contributed by atoms with E-state index in [0.717, 1.165) is 24.2 Å². The monoisotopic (exact) mass is 255 g/mol. The zero-order chi connectivity index (χ0) is 12.5. The molecule has 0 bridgehead atoms. The fourth-order valence-electron chi connectivity index (χ4n) is 2.29. The third-order valence-electron chi connectivity index (χ3n) is 3.16. The van der Waals surface area contributed by atoms with Crippen LogP contribution in [0.2, 0.25) is 0 Å². The van der Waals surface area contributed by atoms with Gasteiger partial charge in [0.25, 0.3) is 0 Å². The van der Waals surface area contributed by atoms with Gasteiger partial charge in [0.05, 0.1) is 17.6 Å². The number of piperidine rings is 1. The van der Waals surface area contributed by atoms with Crippen LogP contribution in [0.25, 0.3) is 0 Å². The van der Waals surface area contributed by atoms with E-state index in [-0.39, 0.29) is 5.92 Å². The van der Waals surface area contributed by atoms with E-state index in [1.807, 2.05) is 6.92 Å². The van der Waals surface area contributed by atoms with Crippen LogP contribution in [-0.4, -0.2) is 42.0 Å². The van der Waals surface area contributed by atoms with Gasteiger partial charge in [0.2, 0.25) is 10.0 Å². The zero-order valence-electron chi connectivity index (χ0n) is 10.1. The molecule has 0 radical (unpaired) electrons. The van der Waals surface area contributed by atoms with Crippen molar-refractivity contribution in [2.75, 3.05) is 19.3 Å². The number of rotatable bonds is 2. The van der Waals surface area contributed by atoms with Crippen molar-refractivity contribution in [1.29, 1.82) is 0 Å². The number of sulfonamides is 1.